The summed E-state index contributed by atoms with van der Waals surface area (Å²) in [5.74, 6) is -0.988. The minimum absolute atomic E-state index is 0.155. The number of nitrogen functional groups attached to an aromatic ring is 1. The Morgan fingerprint density at radius 1 is 0.944 bits per heavy atom. The Kier molecular flexibility index (Phi) is 4.93. The SMILES string of the molecule is Cc1ccc(C)cc1.Nc1ccccc1C(=O)O. The van der Waals surface area contributed by atoms with E-state index in [0.717, 1.165) is 0 Å². The number of aromatic carboxylic acids is 1. The van der Waals surface area contributed by atoms with E-state index in [4.69, 9.17) is 10.8 Å². The first kappa shape index (κ1) is 13.8. The van der Waals surface area contributed by atoms with Gasteiger partial charge in [-0.15, -0.1) is 0 Å². The molecule has 0 radical (unpaired) electrons. The number of rotatable bonds is 1. The fourth-order valence-corrected chi connectivity index (χ4v) is 1.33. The maximum absolute atomic E-state index is 10.3. The van der Waals surface area contributed by atoms with Gasteiger partial charge in [-0.25, -0.2) is 4.79 Å². The lowest BCUT2D eigenvalue weighted by Gasteiger charge is -1.96. The van der Waals surface area contributed by atoms with Crippen molar-refractivity contribution in [1.82, 2.24) is 0 Å². The first-order valence-electron chi connectivity index (χ1n) is 5.62. The van der Waals surface area contributed by atoms with Crippen LogP contribution in [0.5, 0.6) is 0 Å². The minimum atomic E-state index is -0.988. The van der Waals surface area contributed by atoms with E-state index in [9.17, 15) is 4.79 Å². The predicted octanol–water partition coefficient (Wildman–Crippen LogP) is 3.27. The van der Waals surface area contributed by atoms with E-state index >= 15 is 0 Å². The molecule has 0 amide bonds. The summed E-state index contributed by atoms with van der Waals surface area (Å²) in [5.41, 5.74) is 8.46. The Morgan fingerprint density at radius 2 is 1.39 bits per heavy atom. The van der Waals surface area contributed by atoms with Crippen molar-refractivity contribution >= 4 is 11.7 Å². The normalized spacial score (nSPS) is 9.22. The highest BCUT2D eigenvalue weighted by molar-refractivity contribution is 5.93. The van der Waals surface area contributed by atoms with Gasteiger partial charge in [-0.2, -0.15) is 0 Å². The van der Waals surface area contributed by atoms with E-state index < -0.39 is 5.97 Å². The van der Waals surface area contributed by atoms with Gasteiger partial charge in [0.1, 0.15) is 0 Å². The molecule has 0 atom stereocenters. The molecule has 0 aliphatic heterocycles. The smallest absolute Gasteiger partial charge is 0.337 e. The molecular weight excluding hydrogens is 226 g/mol. The third-order valence-electron chi connectivity index (χ3n) is 2.41. The predicted molar refractivity (Wildman–Crippen MR) is 73.7 cm³/mol. The van der Waals surface area contributed by atoms with Gasteiger partial charge in [0, 0.05) is 5.69 Å². The summed E-state index contributed by atoms with van der Waals surface area (Å²) >= 11 is 0. The quantitative estimate of drug-likeness (QED) is 0.755. The Labute approximate surface area is 107 Å². The van der Waals surface area contributed by atoms with E-state index in [1.165, 1.54) is 17.2 Å². The number of carboxylic acid groups (broad SMARTS) is 1. The molecule has 3 N–H and O–H groups in total. The second-order valence-corrected chi connectivity index (χ2v) is 4.05. The third kappa shape index (κ3) is 4.29. The van der Waals surface area contributed by atoms with E-state index in [1.807, 2.05) is 0 Å². The van der Waals surface area contributed by atoms with Crippen molar-refractivity contribution in [2.45, 2.75) is 13.8 Å². The van der Waals surface area contributed by atoms with Crippen LogP contribution in [-0.4, -0.2) is 11.1 Å². The van der Waals surface area contributed by atoms with Crippen LogP contribution >= 0.6 is 0 Å². The Balaban J connectivity index is 0.000000184. The summed E-state index contributed by atoms with van der Waals surface area (Å²) < 4.78 is 0. The van der Waals surface area contributed by atoms with Gasteiger partial charge < -0.3 is 10.8 Å². The molecule has 0 aliphatic rings. The van der Waals surface area contributed by atoms with Gasteiger partial charge in [0.05, 0.1) is 5.56 Å². The van der Waals surface area contributed by atoms with Crippen LogP contribution in [0.15, 0.2) is 48.5 Å². The number of para-hydroxylation sites is 1. The van der Waals surface area contributed by atoms with Crippen molar-refractivity contribution < 1.29 is 9.90 Å². The fourth-order valence-electron chi connectivity index (χ4n) is 1.33. The van der Waals surface area contributed by atoms with Gasteiger partial charge in [0.25, 0.3) is 0 Å². The number of anilines is 1. The lowest BCUT2D eigenvalue weighted by molar-refractivity contribution is 0.0698. The van der Waals surface area contributed by atoms with Crippen LogP contribution in [0, 0.1) is 13.8 Å². The molecule has 0 unspecified atom stereocenters. The Morgan fingerprint density at radius 3 is 1.72 bits per heavy atom. The van der Waals surface area contributed by atoms with Gasteiger partial charge in [-0.1, -0.05) is 47.5 Å². The van der Waals surface area contributed by atoms with Crippen molar-refractivity contribution in [3.8, 4) is 0 Å². The van der Waals surface area contributed by atoms with Gasteiger partial charge in [0.15, 0.2) is 0 Å². The molecular formula is C15H17NO2. The molecule has 3 nitrogen and oxygen atoms in total. The van der Waals surface area contributed by atoms with Crippen LogP contribution in [0.25, 0.3) is 0 Å². The van der Waals surface area contributed by atoms with Crippen LogP contribution in [-0.2, 0) is 0 Å². The van der Waals surface area contributed by atoms with Crippen LogP contribution in [0.1, 0.15) is 21.5 Å². The molecule has 0 aliphatic carbocycles. The van der Waals surface area contributed by atoms with Crippen LogP contribution in [0.3, 0.4) is 0 Å². The molecule has 2 rings (SSSR count). The second-order valence-electron chi connectivity index (χ2n) is 4.05. The van der Waals surface area contributed by atoms with Gasteiger partial charge >= 0.3 is 5.97 Å². The van der Waals surface area contributed by atoms with Gasteiger partial charge in [-0.3, -0.25) is 0 Å². The monoisotopic (exact) mass is 243 g/mol. The van der Waals surface area contributed by atoms with Crippen LogP contribution in [0.4, 0.5) is 5.69 Å². The summed E-state index contributed by atoms with van der Waals surface area (Å²) in [6, 6.07) is 14.8. The maximum Gasteiger partial charge on any atom is 0.337 e. The molecule has 0 heterocycles. The zero-order chi connectivity index (χ0) is 13.5. The third-order valence-corrected chi connectivity index (χ3v) is 2.41. The first-order chi connectivity index (χ1) is 8.50. The average Bonchev–Trinajstić information content (AvgIpc) is 2.34. The number of carboxylic acids is 1. The summed E-state index contributed by atoms with van der Waals surface area (Å²) in [6.45, 7) is 4.19. The number of benzene rings is 2. The molecule has 2 aromatic rings. The highest BCUT2D eigenvalue weighted by Crippen LogP contribution is 2.09. The van der Waals surface area contributed by atoms with Gasteiger partial charge in [-0.05, 0) is 26.0 Å². The van der Waals surface area contributed by atoms with E-state index in [-0.39, 0.29) is 5.56 Å². The molecule has 0 fully saturated rings. The van der Waals surface area contributed by atoms with E-state index in [0.29, 0.717) is 5.69 Å². The zero-order valence-corrected chi connectivity index (χ0v) is 10.6. The van der Waals surface area contributed by atoms with Crippen LogP contribution in [0.2, 0.25) is 0 Å². The maximum atomic E-state index is 10.3. The van der Waals surface area contributed by atoms with E-state index in [2.05, 4.69) is 38.1 Å². The highest BCUT2D eigenvalue weighted by atomic mass is 16.4. The van der Waals surface area contributed by atoms with Crippen molar-refractivity contribution in [3.05, 3.63) is 65.2 Å². The number of hydrogen-bond acceptors (Lipinski definition) is 2. The molecule has 0 spiro atoms. The molecule has 3 heteroatoms. The van der Waals surface area contributed by atoms with Crippen molar-refractivity contribution in [2.24, 2.45) is 0 Å². The summed E-state index contributed by atoms with van der Waals surface area (Å²) in [7, 11) is 0. The molecule has 18 heavy (non-hydrogen) atoms. The first-order valence-corrected chi connectivity index (χ1v) is 5.62. The minimum Gasteiger partial charge on any atom is -0.478 e. The molecule has 94 valence electrons. The average molecular weight is 243 g/mol. The summed E-state index contributed by atoms with van der Waals surface area (Å²) in [5, 5.41) is 8.49. The topological polar surface area (TPSA) is 63.3 Å². The van der Waals surface area contributed by atoms with Crippen molar-refractivity contribution in [2.75, 3.05) is 5.73 Å². The standard InChI is InChI=1S/C8H10.C7H7NO2/c1-7-3-5-8(2)6-4-7;8-6-4-2-1-3-5(6)7(9)10/h3-6H,1-2H3;1-4H,8H2,(H,9,10). The molecule has 0 saturated heterocycles. The summed E-state index contributed by atoms with van der Waals surface area (Å²) in [6.07, 6.45) is 0. The Bertz CT molecular complexity index is 497. The lowest BCUT2D eigenvalue weighted by atomic mass is 10.2. The van der Waals surface area contributed by atoms with Gasteiger partial charge in [0.2, 0.25) is 0 Å². The fraction of sp³-hybridized carbons (Fsp3) is 0.133. The summed E-state index contributed by atoms with van der Waals surface area (Å²) in [4.78, 5) is 10.3. The number of carbonyl (C=O) groups is 1. The second kappa shape index (κ2) is 6.45. The lowest BCUT2D eigenvalue weighted by Crippen LogP contribution is -2.00. The zero-order valence-electron chi connectivity index (χ0n) is 10.6. The molecule has 0 bridgehead atoms. The Hall–Kier alpha value is -2.29. The highest BCUT2D eigenvalue weighted by Gasteiger charge is 2.03. The van der Waals surface area contributed by atoms with Crippen molar-refractivity contribution in [3.63, 3.8) is 0 Å². The molecule has 0 saturated carbocycles. The largest absolute Gasteiger partial charge is 0.478 e. The number of hydrogen-bond donors (Lipinski definition) is 2. The molecule has 2 aromatic carbocycles. The van der Waals surface area contributed by atoms with Crippen LogP contribution < -0.4 is 5.73 Å². The number of aryl methyl sites for hydroxylation is 2. The van der Waals surface area contributed by atoms with Crippen molar-refractivity contribution in [1.29, 1.82) is 0 Å². The van der Waals surface area contributed by atoms with E-state index in [1.54, 1.807) is 18.2 Å². The molecule has 0 aromatic heterocycles. The number of nitrogens with two attached hydrogens (primary N) is 1.